The number of aliphatic carboxylic acids is 1. The average Bonchev–Trinajstić information content (AvgIpc) is 3.15. The number of carbonyl (C=O) groups is 1. The van der Waals surface area contributed by atoms with Crippen molar-refractivity contribution in [2.45, 2.75) is 43.7 Å². The molecule has 0 amide bonds. The van der Waals surface area contributed by atoms with Crippen LogP contribution in [0, 0.1) is 0 Å². The normalized spacial score (nSPS) is 23.9. The summed E-state index contributed by atoms with van der Waals surface area (Å²) in [5.41, 5.74) is 1.27. The molecule has 170 valence electrons. The fourth-order valence-electron chi connectivity index (χ4n) is 3.83. The van der Waals surface area contributed by atoms with Gasteiger partial charge < -0.3 is 24.1 Å². The highest BCUT2D eigenvalue weighted by molar-refractivity contribution is 5.73. The predicted octanol–water partition coefficient (Wildman–Crippen LogP) is 2.76. The van der Waals surface area contributed by atoms with Crippen molar-refractivity contribution in [3.63, 3.8) is 0 Å². The molecule has 1 N–H and O–H groups in total. The Hall–Kier alpha value is -2.04. The lowest BCUT2D eigenvalue weighted by Crippen LogP contribution is -2.52. The molecule has 0 bridgehead atoms. The third kappa shape index (κ3) is 6.23. The molecule has 1 saturated heterocycles. The number of morpholine rings is 1. The van der Waals surface area contributed by atoms with Gasteiger partial charge in [-0.1, -0.05) is 6.07 Å². The van der Waals surface area contributed by atoms with Crippen molar-refractivity contribution in [2.75, 3.05) is 41.0 Å². The molecule has 1 aliphatic heterocycles. The lowest BCUT2D eigenvalue weighted by Gasteiger charge is -2.39. The molecule has 0 unspecified atom stereocenters. The lowest BCUT2D eigenvalue weighted by atomic mass is 10.1. The van der Waals surface area contributed by atoms with Crippen molar-refractivity contribution in [3.8, 4) is 11.5 Å². The number of hydrogen-bond donors (Lipinski definition) is 1. The standard InChI is InChI=1S/C18H27NO4.C2HF3O2/c1-20-15-6-4-13(12-17(15)22-3)8-9-19-10-11-23-18-14(19)5-7-16(18)21-2;3-2(4,5)1(6)7/h4,6,12,14,16,18H,5,7-11H2,1-3H3;(H,6,7)/t14-,16+,18+;/m0./s1. The summed E-state index contributed by atoms with van der Waals surface area (Å²) in [4.78, 5) is 11.5. The maximum atomic E-state index is 10.6. The Morgan fingerprint density at radius 2 is 1.87 bits per heavy atom. The second kappa shape index (κ2) is 10.8. The third-order valence-electron chi connectivity index (χ3n) is 5.33. The van der Waals surface area contributed by atoms with Crippen LogP contribution in [0.15, 0.2) is 18.2 Å². The first-order valence-corrected chi connectivity index (χ1v) is 9.60. The minimum Gasteiger partial charge on any atom is -0.493 e. The van der Waals surface area contributed by atoms with E-state index in [4.69, 9.17) is 28.8 Å². The van der Waals surface area contributed by atoms with Crippen molar-refractivity contribution >= 4 is 5.97 Å². The molecular weight excluding hydrogens is 407 g/mol. The SMILES string of the molecule is COc1ccc(CCN2CCO[C@H]3[C@H](OC)CC[C@@H]32)cc1OC.O=C(O)C(F)(F)F. The van der Waals surface area contributed by atoms with Gasteiger partial charge >= 0.3 is 12.1 Å². The Kier molecular flexibility index (Phi) is 8.75. The Morgan fingerprint density at radius 3 is 2.43 bits per heavy atom. The smallest absolute Gasteiger partial charge is 0.490 e. The van der Waals surface area contributed by atoms with Crippen molar-refractivity contribution in [3.05, 3.63) is 23.8 Å². The predicted molar refractivity (Wildman–Crippen MR) is 102 cm³/mol. The van der Waals surface area contributed by atoms with Crippen LogP contribution < -0.4 is 9.47 Å². The van der Waals surface area contributed by atoms with E-state index in [1.165, 1.54) is 5.56 Å². The van der Waals surface area contributed by atoms with Crippen LogP contribution in [0.25, 0.3) is 0 Å². The molecule has 2 fully saturated rings. The number of carboxylic acids is 1. The molecule has 1 saturated carbocycles. The molecule has 0 aromatic heterocycles. The lowest BCUT2D eigenvalue weighted by molar-refractivity contribution is -0.192. The van der Waals surface area contributed by atoms with Crippen molar-refractivity contribution < 1.29 is 42.0 Å². The van der Waals surface area contributed by atoms with Gasteiger partial charge in [-0.15, -0.1) is 0 Å². The summed E-state index contributed by atoms with van der Waals surface area (Å²) in [6.07, 6.45) is -1.34. The Bertz CT molecular complexity index is 700. The van der Waals surface area contributed by atoms with E-state index in [2.05, 4.69) is 17.0 Å². The van der Waals surface area contributed by atoms with Gasteiger partial charge in [0, 0.05) is 26.2 Å². The maximum Gasteiger partial charge on any atom is 0.490 e. The monoisotopic (exact) mass is 435 g/mol. The van der Waals surface area contributed by atoms with Crippen LogP contribution in [0.2, 0.25) is 0 Å². The van der Waals surface area contributed by atoms with Gasteiger partial charge in [-0.25, -0.2) is 4.79 Å². The number of nitrogens with zero attached hydrogens (tertiary/aromatic N) is 1. The van der Waals surface area contributed by atoms with Crippen molar-refractivity contribution in [1.29, 1.82) is 0 Å². The van der Waals surface area contributed by atoms with Crippen LogP contribution in [-0.4, -0.2) is 81.4 Å². The molecule has 2 aliphatic rings. The Labute approximate surface area is 173 Å². The van der Waals surface area contributed by atoms with Gasteiger partial charge in [0.05, 0.1) is 33.0 Å². The highest BCUT2D eigenvalue weighted by atomic mass is 19.4. The molecule has 30 heavy (non-hydrogen) atoms. The van der Waals surface area contributed by atoms with E-state index in [9.17, 15) is 13.2 Å². The number of ether oxygens (including phenoxy) is 4. The first kappa shape index (κ1) is 24.2. The number of carboxylic acid groups (broad SMARTS) is 1. The van der Waals surface area contributed by atoms with Crippen LogP contribution in [0.5, 0.6) is 11.5 Å². The first-order valence-electron chi connectivity index (χ1n) is 9.60. The van der Waals surface area contributed by atoms with Gasteiger partial charge in [-0.05, 0) is 37.0 Å². The largest absolute Gasteiger partial charge is 0.493 e. The summed E-state index contributed by atoms with van der Waals surface area (Å²) in [5.74, 6) is -1.18. The third-order valence-corrected chi connectivity index (χ3v) is 5.33. The molecule has 7 nitrogen and oxygen atoms in total. The number of hydrogen-bond acceptors (Lipinski definition) is 6. The van der Waals surface area contributed by atoms with Crippen LogP contribution in [0.1, 0.15) is 18.4 Å². The van der Waals surface area contributed by atoms with Gasteiger partial charge in [0.1, 0.15) is 0 Å². The fraction of sp³-hybridized carbons (Fsp3) is 0.650. The highest BCUT2D eigenvalue weighted by Gasteiger charge is 2.42. The summed E-state index contributed by atoms with van der Waals surface area (Å²) in [5, 5.41) is 7.12. The van der Waals surface area contributed by atoms with Gasteiger partial charge in [-0.2, -0.15) is 13.2 Å². The fourth-order valence-corrected chi connectivity index (χ4v) is 3.83. The van der Waals surface area contributed by atoms with E-state index in [0.717, 1.165) is 50.5 Å². The molecule has 1 aliphatic carbocycles. The quantitative estimate of drug-likeness (QED) is 0.736. The number of fused-ring (bicyclic) bond motifs is 1. The van der Waals surface area contributed by atoms with Crippen molar-refractivity contribution in [2.24, 2.45) is 0 Å². The first-order chi connectivity index (χ1) is 14.2. The minimum absolute atomic E-state index is 0.235. The molecule has 0 spiro atoms. The molecule has 1 aromatic rings. The average molecular weight is 435 g/mol. The van der Waals surface area contributed by atoms with Crippen molar-refractivity contribution in [1.82, 2.24) is 4.90 Å². The van der Waals surface area contributed by atoms with E-state index in [-0.39, 0.29) is 12.2 Å². The Morgan fingerprint density at radius 1 is 1.20 bits per heavy atom. The number of alkyl halides is 3. The van der Waals surface area contributed by atoms with Gasteiger partial charge in [-0.3, -0.25) is 4.90 Å². The summed E-state index contributed by atoms with van der Waals surface area (Å²) in [6, 6.07) is 6.66. The Balaban J connectivity index is 0.000000396. The van der Waals surface area contributed by atoms with Gasteiger partial charge in [0.15, 0.2) is 11.5 Å². The molecule has 10 heteroatoms. The van der Waals surface area contributed by atoms with Crippen LogP contribution in [0.4, 0.5) is 13.2 Å². The van der Waals surface area contributed by atoms with Gasteiger partial charge in [0.2, 0.25) is 0 Å². The van der Waals surface area contributed by atoms with Crippen LogP contribution in [-0.2, 0) is 20.7 Å². The summed E-state index contributed by atoms with van der Waals surface area (Å²) in [7, 11) is 5.13. The minimum atomic E-state index is -5.08. The maximum absolute atomic E-state index is 10.6. The molecule has 1 aromatic carbocycles. The molecular formula is C20H28F3NO6. The van der Waals surface area contributed by atoms with E-state index < -0.39 is 12.1 Å². The second-order valence-electron chi connectivity index (χ2n) is 7.03. The summed E-state index contributed by atoms with van der Waals surface area (Å²) >= 11 is 0. The van der Waals surface area contributed by atoms with E-state index in [0.29, 0.717) is 6.04 Å². The molecule has 0 radical (unpaired) electrons. The number of rotatable bonds is 6. The topological polar surface area (TPSA) is 77.5 Å². The zero-order valence-corrected chi connectivity index (χ0v) is 17.3. The number of halogens is 3. The van der Waals surface area contributed by atoms with Crippen LogP contribution in [0.3, 0.4) is 0 Å². The molecule has 1 heterocycles. The van der Waals surface area contributed by atoms with E-state index >= 15 is 0 Å². The van der Waals surface area contributed by atoms with E-state index in [1.807, 2.05) is 6.07 Å². The second-order valence-corrected chi connectivity index (χ2v) is 7.03. The zero-order chi connectivity index (χ0) is 22.3. The summed E-state index contributed by atoms with van der Waals surface area (Å²) in [6.45, 7) is 2.84. The van der Waals surface area contributed by atoms with E-state index in [1.54, 1.807) is 21.3 Å². The zero-order valence-electron chi connectivity index (χ0n) is 17.3. The number of methoxy groups -OCH3 is 3. The highest BCUT2D eigenvalue weighted by Crippen LogP contribution is 2.32. The summed E-state index contributed by atoms with van der Waals surface area (Å²) < 4.78 is 53.9. The molecule has 3 rings (SSSR count). The van der Waals surface area contributed by atoms with Gasteiger partial charge in [0.25, 0.3) is 0 Å². The number of benzene rings is 1. The van der Waals surface area contributed by atoms with Crippen LogP contribution >= 0.6 is 0 Å². The molecule has 3 atom stereocenters.